The Kier molecular flexibility index (Phi) is 5.20. The summed E-state index contributed by atoms with van der Waals surface area (Å²) in [6.45, 7) is 7.03. The summed E-state index contributed by atoms with van der Waals surface area (Å²) in [7, 11) is 0. The van der Waals surface area contributed by atoms with Gasteiger partial charge in [0.25, 0.3) is 5.91 Å². The van der Waals surface area contributed by atoms with E-state index < -0.39 is 0 Å². The van der Waals surface area contributed by atoms with Crippen LogP contribution in [0.1, 0.15) is 36.0 Å². The Balaban J connectivity index is 3.00. The second kappa shape index (κ2) is 6.43. The van der Waals surface area contributed by atoms with Crippen LogP contribution >= 0.6 is 11.3 Å². The van der Waals surface area contributed by atoms with E-state index in [2.05, 4.69) is 11.8 Å². The molecule has 0 saturated carbocycles. The minimum atomic E-state index is 0.0545. The molecule has 0 bridgehead atoms. The highest BCUT2D eigenvalue weighted by molar-refractivity contribution is 7.12. The summed E-state index contributed by atoms with van der Waals surface area (Å²) >= 11 is 1.43. The molecule has 0 aliphatic heterocycles. The van der Waals surface area contributed by atoms with Crippen LogP contribution in [0.3, 0.4) is 0 Å². The van der Waals surface area contributed by atoms with Crippen molar-refractivity contribution >= 4 is 17.2 Å². The number of nitrogens with zero attached hydrogens (tertiary/aromatic N) is 1. The molecule has 0 aromatic carbocycles. The highest BCUT2D eigenvalue weighted by Crippen LogP contribution is 2.19. The van der Waals surface area contributed by atoms with E-state index in [4.69, 9.17) is 5.73 Å². The average molecular weight is 250 g/mol. The molecule has 4 heteroatoms. The molecule has 17 heavy (non-hydrogen) atoms. The maximum Gasteiger partial charge on any atom is 0.265 e. The molecule has 3 nitrogen and oxygen atoms in total. The number of hydrogen-bond acceptors (Lipinski definition) is 3. The number of nitrogens with two attached hydrogens (primary N) is 1. The van der Waals surface area contributed by atoms with Crippen LogP contribution in [0, 0.1) is 11.8 Å². The Hall–Kier alpha value is -1.31. The highest BCUT2D eigenvalue weighted by Gasteiger charge is 2.20. The quantitative estimate of drug-likeness (QED) is 0.833. The van der Waals surface area contributed by atoms with Gasteiger partial charge in [0.15, 0.2) is 0 Å². The van der Waals surface area contributed by atoms with Crippen LogP contribution in [0.15, 0.2) is 11.4 Å². The molecule has 0 fully saturated rings. The number of amides is 1. The van der Waals surface area contributed by atoms with Crippen molar-refractivity contribution < 1.29 is 4.79 Å². The summed E-state index contributed by atoms with van der Waals surface area (Å²) in [6, 6.07) is 2.07. The van der Waals surface area contributed by atoms with Crippen molar-refractivity contribution in [2.24, 2.45) is 5.73 Å². The van der Waals surface area contributed by atoms with Gasteiger partial charge in [-0.3, -0.25) is 4.79 Å². The summed E-state index contributed by atoms with van der Waals surface area (Å²) in [5.41, 5.74) is 6.12. The number of carbonyl (C=O) groups excluding carboxylic acids is 1. The van der Waals surface area contributed by atoms with Crippen LogP contribution in [-0.4, -0.2) is 29.9 Å². The van der Waals surface area contributed by atoms with Gasteiger partial charge in [0.1, 0.15) is 4.88 Å². The van der Waals surface area contributed by atoms with Crippen molar-refractivity contribution in [1.29, 1.82) is 0 Å². The Morgan fingerprint density at radius 1 is 1.59 bits per heavy atom. The second-order valence-electron chi connectivity index (χ2n) is 3.85. The van der Waals surface area contributed by atoms with E-state index in [1.807, 2.05) is 37.1 Å². The van der Waals surface area contributed by atoms with Gasteiger partial charge >= 0.3 is 0 Å². The van der Waals surface area contributed by atoms with E-state index in [-0.39, 0.29) is 11.9 Å². The van der Waals surface area contributed by atoms with Gasteiger partial charge in [-0.1, -0.05) is 11.8 Å². The number of rotatable bonds is 3. The van der Waals surface area contributed by atoms with Gasteiger partial charge in [-0.15, -0.1) is 11.3 Å². The summed E-state index contributed by atoms with van der Waals surface area (Å²) < 4.78 is 0. The molecule has 0 saturated heterocycles. The van der Waals surface area contributed by atoms with Crippen molar-refractivity contribution in [3.8, 4) is 11.8 Å². The van der Waals surface area contributed by atoms with Gasteiger partial charge < -0.3 is 10.6 Å². The zero-order valence-corrected chi connectivity index (χ0v) is 11.3. The Morgan fingerprint density at radius 3 is 2.82 bits per heavy atom. The molecule has 1 amide bonds. The van der Waals surface area contributed by atoms with E-state index >= 15 is 0 Å². The lowest BCUT2D eigenvalue weighted by Crippen LogP contribution is -2.36. The average Bonchev–Trinajstić information content (AvgIpc) is 2.74. The van der Waals surface area contributed by atoms with Crippen LogP contribution in [0.5, 0.6) is 0 Å². The fourth-order valence-corrected chi connectivity index (χ4v) is 2.40. The van der Waals surface area contributed by atoms with E-state index in [1.165, 1.54) is 11.3 Å². The van der Waals surface area contributed by atoms with Crippen LogP contribution in [0.25, 0.3) is 0 Å². The molecule has 92 valence electrons. The second-order valence-corrected chi connectivity index (χ2v) is 4.77. The van der Waals surface area contributed by atoms with Gasteiger partial charge in [-0.05, 0) is 32.2 Å². The van der Waals surface area contributed by atoms with Crippen LogP contribution in [0.2, 0.25) is 0 Å². The third-order valence-electron chi connectivity index (χ3n) is 2.41. The van der Waals surface area contributed by atoms with Crippen LogP contribution in [0.4, 0.5) is 0 Å². The SMILES string of the molecule is CCN(C(=O)c1sccc1C#CCN)C(C)C. The van der Waals surface area contributed by atoms with Crippen molar-refractivity contribution in [2.75, 3.05) is 13.1 Å². The fourth-order valence-electron chi connectivity index (χ4n) is 1.59. The number of thiophene rings is 1. The molecule has 1 aromatic heterocycles. The third kappa shape index (κ3) is 3.32. The molecular weight excluding hydrogens is 232 g/mol. The molecule has 0 aliphatic carbocycles. The van der Waals surface area contributed by atoms with Gasteiger partial charge in [0.05, 0.1) is 6.54 Å². The van der Waals surface area contributed by atoms with E-state index in [0.29, 0.717) is 18.0 Å². The molecule has 1 rings (SSSR count). The van der Waals surface area contributed by atoms with E-state index in [9.17, 15) is 4.79 Å². The molecular formula is C13H18N2OS. The van der Waals surface area contributed by atoms with Crippen LogP contribution < -0.4 is 5.73 Å². The molecule has 0 atom stereocenters. The van der Waals surface area contributed by atoms with Crippen LogP contribution in [-0.2, 0) is 0 Å². The fraction of sp³-hybridized carbons (Fsp3) is 0.462. The molecule has 0 radical (unpaired) electrons. The standard InChI is InChI=1S/C13H18N2OS/c1-4-15(10(2)3)13(16)12-11(6-5-8-14)7-9-17-12/h7,9-10H,4,8,14H2,1-3H3. The Morgan fingerprint density at radius 2 is 2.29 bits per heavy atom. The van der Waals surface area contributed by atoms with E-state index in [0.717, 1.165) is 5.56 Å². The number of hydrogen-bond donors (Lipinski definition) is 1. The lowest BCUT2D eigenvalue weighted by molar-refractivity contribution is 0.0721. The zero-order valence-electron chi connectivity index (χ0n) is 10.5. The molecule has 0 aliphatic rings. The zero-order chi connectivity index (χ0) is 12.8. The molecule has 0 spiro atoms. The van der Waals surface area contributed by atoms with Gasteiger partial charge in [0, 0.05) is 18.2 Å². The maximum absolute atomic E-state index is 12.3. The van der Waals surface area contributed by atoms with Crippen molar-refractivity contribution in [3.05, 3.63) is 21.9 Å². The Labute approximate surface area is 107 Å². The molecule has 2 N–H and O–H groups in total. The van der Waals surface area contributed by atoms with Gasteiger partial charge in [0.2, 0.25) is 0 Å². The Bertz CT molecular complexity index is 440. The summed E-state index contributed by atoms with van der Waals surface area (Å²) in [4.78, 5) is 14.8. The summed E-state index contributed by atoms with van der Waals surface area (Å²) in [5.74, 6) is 5.78. The summed E-state index contributed by atoms with van der Waals surface area (Å²) in [6.07, 6.45) is 0. The normalized spacial score (nSPS) is 9.94. The summed E-state index contributed by atoms with van der Waals surface area (Å²) in [5, 5.41) is 1.89. The minimum Gasteiger partial charge on any atom is -0.336 e. The molecule has 1 heterocycles. The molecule has 0 unspecified atom stereocenters. The first-order chi connectivity index (χ1) is 8.11. The largest absolute Gasteiger partial charge is 0.336 e. The van der Waals surface area contributed by atoms with Gasteiger partial charge in [-0.25, -0.2) is 0 Å². The predicted molar refractivity (Wildman–Crippen MR) is 72.1 cm³/mol. The first kappa shape index (κ1) is 13.8. The molecule has 1 aromatic rings. The predicted octanol–water partition coefficient (Wildman–Crippen LogP) is 1.93. The van der Waals surface area contributed by atoms with E-state index in [1.54, 1.807) is 0 Å². The smallest absolute Gasteiger partial charge is 0.265 e. The van der Waals surface area contributed by atoms with Crippen molar-refractivity contribution in [3.63, 3.8) is 0 Å². The van der Waals surface area contributed by atoms with Crippen molar-refractivity contribution in [1.82, 2.24) is 4.90 Å². The highest BCUT2D eigenvalue weighted by atomic mass is 32.1. The minimum absolute atomic E-state index is 0.0545. The first-order valence-corrected chi connectivity index (χ1v) is 6.57. The lowest BCUT2D eigenvalue weighted by atomic mass is 10.2. The topological polar surface area (TPSA) is 46.3 Å². The lowest BCUT2D eigenvalue weighted by Gasteiger charge is -2.24. The monoisotopic (exact) mass is 250 g/mol. The maximum atomic E-state index is 12.3. The first-order valence-electron chi connectivity index (χ1n) is 5.69. The third-order valence-corrected chi connectivity index (χ3v) is 3.31. The van der Waals surface area contributed by atoms with Gasteiger partial charge in [-0.2, -0.15) is 0 Å². The van der Waals surface area contributed by atoms with Crippen molar-refractivity contribution in [2.45, 2.75) is 26.8 Å². The number of carbonyl (C=O) groups is 1.